The summed E-state index contributed by atoms with van der Waals surface area (Å²) in [5, 5.41) is 0. The Labute approximate surface area is 643 Å². The second kappa shape index (κ2) is 71.1. The molecule has 1 aliphatic rings. The number of rotatable bonds is 74. The molecule has 2 nitrogen and oxygen atoms in total. The molecule has 101 heavy (non-hydrogen) atoms. The summed E-state index contributed by atoms with van der Waals surface area (Å²) in [5.74, 6) is 0. The third-order valence-corrected chi connectivity index (χ3v) is 24.8. The Kier molecular flexibility index (Phi) is 67.1. The molecule has 0 atom stereocenters. The molecule has 0 radical (unpaired) electrons. The SMILES string of the molecule is CCCCCCCCCCCCCCCCCCCCCc1c(CCC)cc(C2=C(CCCCCC)C(CCCCCC)=C(c3cc(CCC)c(CCCCCCCCCCCCCCCCCCCCC)c(CCC)c3)[N+]2=[N-])cc1CCC.CCCCCCC[CH2][Pd][CH2]CCCCCCC. The molecule has 0 aliphatic carbocycles. The molecule has 0 bridgehead atoms. The van der Waals surface area contributed by atoms with Crippen molar-refractivity contribution in [2.45, 2.75) is 528 Å². The molecule has 3 rings (SSSR count). The van der Waals surface area contributed by atoms with Gasteiger partial charge in [-0.1, -0.05) is 351 Å². The molecule has 0 saturated carbocycles. The molecule has 1 aliphatic heterocycles. The van der Waals surface area contributed by atoms with Crippen LogP contribution in [0.1, 0.15) is 525 Å². The van der Waals surface area contributed by atoms with Gasteiger partial charge in [-0.15, -0.1) is 0 Å². The minimum atomic E-state index is 1.05. The van der Waals surface area contributed by atoms with Crippen molar-refractivity contribution in [3.8, 4) is 0 Å². The Bertz CT molecular complexity index is 2040. The van der Waals surface area contributed by atoms with Crippen LogP contribution in [0.3, 0.4) is 0 Å². The first-order chi connectivity index (χ1) is 49.8. The van der Waals surface area contributed by atoms with Crippen molar-refractivity contribution < 1.29 is 22.7 Å². The Balaban J connectivity index is 0.00000178. The third-order valence-electron chi connectivity index (χ3n) is 22.6. The fourth-order valence-electron chi connectivity index (χ4n) is 16.4. The Morgan fingerprint density at radius 2 is 0.386 bits per heavy atom. The van der Waals surface area contributed by atoms with Gasteiger partial charge in [0.1, 0.15) is 0 Å². The first-order valence-corrected chi connectivity index (χ1v) is 48.8. The first-order valence-electron chi connectivity index (χ1n) is 46.6. The molecular weight excluding hydrogens is 1310 g/mol. The first kappa shape index (κ1) is 95.3. The van der Waals surface area contributed by atoms with Gasteiger partial charge >= 0.3 is 119 Å². The summed E-state index contributed by atoms with van der Waals surface area (Å²) in [6, 6.07) is 10.3. The molecular formula is C98H178N2Pd. The fourth-order valence-corrected chi connectivity index (χ4v) is 18.4. The van der Waals surface area contributed by atoms with E-state index in [-0.39, 0.29) is 0 Å². The summed E-state index contributed by atoms with van der Waals surface area (Å²) in [5.41, 5.74) is 30.4. The van der Waals surface area contributed by atoms with E-state index >= 15 is 0 Å². The van der Waals surface area contributed by atoms with Crippen LogP contribution in [0.15, 0.2) is 35.4 Å². The molecule has 2 aromatic carbocycles. The zero-order valence-electron chi connectivity index (χ0n) is 70.4. The molecule has 1 heterocycles. The Morgan fingerprint density at radius 1 is 0.208 bits per heavy atom. The summed E-state index contributed by atoms with van der Waals surface area (Å²) >= 11 is 1.07. The molecule has 0 unspecified atom stereocenters. The van der Waals surface area contributed by atoms with Crippen LogP contribution >= 0.6 is 0 Å². The number of hydrogen-bond acceptors (Lipinski definition) is 0. The van der Waals surface area contributed by atoms with E-state index in [1.165, 1.54) is 417 Å². The molecule has 0 aromatic heterocycles. The van der Waals surface area contributed by atoms with Gasteiger partial charge in [0.05, 0.1) is 0 Å². The van der Waals surface area contributed by atoms with Crippen molar-refractivity contribution in [2.75, 3.05) is 0 Å². The van der Waals surface area contributed by atoms with Gasteiger partial charge in [-0.3, -0.25) is 0 Å². The number of allylic oxidation sites excluding steroid dienone is 2. The van der Waals surface area contributed by atoms with Crippen molar-refractivity contribution in [1.82, 2.24) is 0 Å². The minimum absolute atomic E-state index is 1.05. The maximum absolute atomic E-state index is 13.2. The van der Waals surface area contributed by atoms with E-state index in [0.29, 0.717) is 0 Å². The van der Waals surface area contributed by atoms with Gasteiger partial charge in [0.15, 0.2) is 0 Å². The van der Waals surface area contributed by atoms with Gasteiger partial charge in [0.25, 0.3) is 0 Å². The molecule has 2 aromatic rings. The van der Waals surface area contributed by atoms with Crippen LogP contribution in [0.5, 0.6) is 0 Å². The molecule has 3 heteroatoms. The van der Waals surface area contributed by atoms with Crippen LogP contribution < -0.4 is 0 Å². The Morgan fingerprint density at radius 3 is 0.594 bits per heavy atom. The van der Waals surface area contributed by atoms with Crippen LogP contribution in [0.2, 0.25) is 9.79 Å². The van der Waals surface area contributed by atoms with Crippen LogP contribution in [0.4, 0.5) is 0 Å². The molecule has 0 spiro atoms. The Hall–Kier alpha value is -1.82. The van der Waals surface area contributed by atoms with Crippen LogP contribution in [-0.4, -0.2) is 4.70 Å². The molecule has 590 valence electrons. The quantitative estimate of drug-likeness (QED) is 0.0358. The number of nitrogens with zero attached hydrogens (tertiary/aromatic N) is 2. The number of hydrogen-bond donors (Lipinski definition) is 0. The predicted molar refractivity (Wildman–Crippen MR) is 454 cm³/mol. The van der Waals surface area contributed by atoms with E-state index in [1.54, 1.807) is 38.1 Å². The topological polar surface area (TPSA) is 25.3 Å². The van der Waals surface area contributed by atoms with Gasteiger partial charge < -0.3 is 5.53 Å². The van der Waals surface area contributed by atoms with Crippen molar-refractivity contribution >= 4 is 11.4 Å². The van der Waals surface area contributed by atoms with Crippen molar-refractivity contribution in [2.24, 2.45) is 0 Å². The van der Waals surface area contributed by atoms with Gasteiger partial charge in [0.2, 0.25) is 11.4 Å². The molecule has 0 fully saturated rings. The van der Waals surface area contributed by atoms with Gasteiger partial charge in [-0.05, 0) is 135 Å². The van der Waals surface area contributed by atoms with E-state index in [1.807, 2.05) is 0 Å². The van der Waals surface area contributed by atoms with Crippen LogP contribution in [-0.2, 0) is 56.5 Å². The van der Waals surface area contributed by atoms with Crippen LogP contribution in [0.25, 0.3) is 16.9 Å². The van der Waals surface area contributed by atoms with Crippen molar-refractivity contribution in [3.05, 3.63) is 85.5 Å². The van der Waals surface area contributed by atoms with Gasteiger partial charge in [-0.2, -0.15) is 0 Å². The summed E-state index contributed by atoms with van der Waals surface area (Å²) in [6.07, 6.45) is 95.3. The second-order valence-electron chi connectivity index (χ2n) is 32.4. The summed E-state index contributed by atoms with van der Waals surface area (Å²) in [7, 11) is 0. The third kappa shape index (κ3) is 47.6. The fraction of sp³-hybridized carbons (Fsp3) is 0.837. The zero-order valence-corrected chi connectivity index (χ0v) is 72.0. The van der Waals surface area contributed by atoms with Crippen molar-refractivity contribution in [1.29, 1.82) is 0 Å². The molecule has 0 saturated heterocycles. The average molecular weight is 1490 g/mol. The van der Waals surface area contributed by atoms with Gasteiger partial charge in [0, 0.05) is 22.3 Å². The average Bonchev–Trinajstić information content (AvgIpc) is 1.61. The number of aryl methyl sites for hydroxylation is 4. The summed E-state index contributed by atoms with van der Waals surface area (Å²) in [4.78, 5) is 3.07. The van der Waals surface area contributed by atoms with Gasteiger partial charge in [-0.25, -0.2) is 4.70 Å². The standard InChI is InChI=1S/C82H144N2.2C8H17.Pd/c1-9-17-21-25-27-29-31-33-35-37-39-41-43-45-47-49-51-53-57-63-77-71(59-13-5)67-75(68-72(77)60-14-6)81-79(65-55-23-19-11-3)80(66-56-24-20-12-4)82(84(81)83)76-69-73(61-15-7)78(74(70-76)62-16-8)64-58-54-52-50-48-46-44-42-40-38-36-34-32-30-28-26-22-18-10-2;2*1-3-5-7-8-6-4-2;/h67-70H,9-66H2,1-8H3;2*1,3-8H2,2H3;. The van der Waals surface area contributed by atoms with Crippen LogP contribution in [0, 0.1) is 0 Å². The molecule has 0 amide bonds. The normalized spacial score (nSPS) is 12.6. The van der Waals surface area contributed by atoms with E-state index < -0.39 is 0 Å². The zero-order chi connectivity index (χ0) is 73.0. The van der Waals surface area contributed by atoms with Crippen molar-refractivity contribution in [3.63, 3.8) is 0 Å². The van der Waals surface area contributed by atoms with E-state index in [0.717, 1.165) is 93.6 Å². The predicted octanol–water partition coefficient (Wildman–Crippen LogP) is 35.2. The summed E-state index contributed by atoms with van der Waals surface area (Å²) in [6.45, 7) is 23.4. The maximum atomic E-state index is 13.2. The monoisotopic (exact) mass is 1490 g/mol. The number of unbranched alkanes of at least 4 members (excludes halogenated alkanes) is 52. The molecule has 0 N–H and O–H groups in total. The summed E-state index contributed by atoms with van der Waals surface area (Å²) < 4.78 is 1.77. The van der Waals surface area contributed by atoms with E-state index in [2.05, 4.69) is 93.5 Å². The second-order valence-corrected chi connectivity index (χ2v) is 34.7. The van der Waals surface area contributed by atoms with E-state index in [4.69, 9.17) is 0 Å². The van der Waals surface area contributed by atoms with E-state index in [9.17, 15) is 5.53 Å². The number of benzene rings is 2.